The van der Waals surface area contributed by atoms with Crippen LogP contribution >= 0.6 is 0 Å². The van der Waals surface area contributed by atoms with Gasteiger partial charge in [-0.25, -0.2) is 0 Å². The van der Waals surface area contributed by atoms with Gasteiger partial charge >= 0.3 is 0 Å². The first-order chi connectivity index (χ1) is 11.7. The monoisotopic (exact) mass is 318 g/mol. The molecule has 1 unspecified atom stereocenters. The number of aryl methyl sites for hydroxylation is 1. The van der Waals surface area contributed by atoms with Crippen LogP contribution in [0.5, 0.6) is 0 Å². The molecule has 24 heavy (non-hydrogen) atoms. The number of rotatable bonds is 6. The first-order valence-electron chi connectivity index (χ1n) is 8.63. The van der Waals surface area contributed by atoms with Crippen LogP contribution in [0.4, 0.5) is 0 Å². The average molecular weight is 318 g/mol. The van der Waals surface area contributed by atoms with E-state index in [4.69, 9.17) is 0 Å². The molecule has 3 aromatic rings. The fraction of sp³-hybridized carbons (Fsp3) is 0.273. The molecule has 2 nitrogen and oxygen atoms in total. The lowest BCUT2D eigenvalue weighted by atomic mass is 10.1. The molecule has 2 aromatic carbocycles. The van der Waals surface area contributed by atoms with E-state index in [1.54, 1.807) is 0 Å². The molecular weight excluding hydrogens is 292 g/mol. The van der Waals surface area contributed by atoms with E-state index >= 15 is 0 Å². The van der Waals surface area contributed by atoms with Crippen molar-refractivity contribution >= 4 is 0 Å². The molecule has 124 valence electrons. The number of benzene rings is 2. The lowest BCUT2D eigenvalue weighted by Gasteiger charge is -2.19. The van der Waals surface area contributed by atoms with Gasteiger partial charge in [0.1, 0.15) is 0 Å². The standard InChI is InChI=1S/C22H26N2/c1-17-14-22(16-23-15-20-10-6-4-7-11-20)19(3)24(17)18(2)21-12-8-5-9-13-21/h4-14,18,23H,15-16H2,1-3H3. The lowest BCUT2D eigenvalue weighted by Crippen LogP contribution is -2.14. The smallest absolute Gasteiger partial charge is 0.0556 e. The highest BCUT2D eigenvalue weighted by molar-refractivity contribution is 5.31. The molecule has 0 bridgehead atoms. The fourth-order valence-corrected chi connectivity index (χ4v) is 3.44. The molecule has 0 aliphatic carbocycles. The van der Waals surface area contributed by atoms with Gasteiger partial charge in [0.15, 0.2) is 0 Å². The Hall–Kier alpha value is -2.32. The van der Waals surface area contributed by atoms with E-state index in [2.05, 4.69) is 97.4 Å². The van der Waals surface area contributed by atoms with E-state index in [0.29, 0.717) is 6.04 Å². The summed E-state index contributed by atoms with van der Waals surface area (Å²) in [6, 6.07) is 23.9. The van der Waals surface area contributed by atoms with Crippen LogP contribution in [0, 0.1) is 13.8 Å². The molecule has 0 amide bonds. The molecule has 0 fully saturated rings. The second-order valence-electron chi connectivity index (χ2n) is 6.44. The predicted octanol–water partition coefficient (Wildman–Crippen LogP) is 5.00. The molecule has 1 N–H and O–H groups in total. The van der Waals surface area contributed by atoms with Crippen LogP contribution in [0.3, 0.4) is 0 Å². The van der Waals surface area contributed by atoms with Crippen molar-refractivity contribution < 1.29 is 0 Å². The highest BCUT2D eigenvalue weighted by atomic mass is 15.0. The van der Waals surface area contributed by atoms with Crippen LogP contribution in [-0.2, 0) is 13.1 Å². The molecule has 0 saturated heterocycles. The minimum atomic E-state index is 0.356. The third-order valence-electron chi connectivity index (χ3n) is 4.75. The van der Waals surface area contributed by atoms with E-state index < -0.39 is 0 Å². The average Bonchev–Trinajstić information content (AvgIpc) is 2.90. The zero-order valence-electron chi connectivity index (χ0n) is 14.8. The Balaban J connectivity index is 1.72. The molecular formula is C22H26N2. The summed E-state index contributed by atoms with van der Waals surface area (Å²) in [4.78, 5) is 0. The Kier molecular flexibility index (Phi) is 5.17. The van der Waals surface area contributed by atoms with Crippen molar-refractivity contribution in [3.8, 4) is 0 Å². The predicted molar refractivity (Wildman–Crippen MR) is 101 cm³/mol. The van der Waals surface area contributed by atoms with Crippen LogP contribution in [0.1, 0.15) is 41.0 Å². The zero-order valence-corrected chi connectivity index (χ0v) is 14.8. The highest BCUT2D eigenvalue weighted by Crippen LogP contribution is 2.25. The van der Waals surface area contributed by atoms with Crippen molar-refractivity contribution in [1.29, 1.82) is 0 Å². The molecule has 3 rings (SSSR count). The van der Waals surface area contributed by atoms with Crippen molar-refractivity contribution in [2.45, 2.75) is 39.9 Å². The van der Waals surface area contributed by atoms with Crippen LogP contribution in [0.25, 0.3) is 0 Å². The van der Waals surface area contributed by atoms with Crippen molar-refractivity contribution in [3.63, 3.8) is 0 Å². The van der Waals surface area contributed by atoms with Gasteiger partial charge in [0.2, 0.25) is 0 Å². The quantitative estimate of drug-likeness (QED) is 0.676. The number of hydrogen-bond acceptors (Lipinski definition) is 1. The number of nitrogens with zero attached hydrogens (tertiary/aromatic N) is 1. The van der Waals surface area contributed by atoms with Gasteiger partial charge in [-0.2, -0.15) is 0 Å². The summed E-state index contributed by atoms with van der Waals surface area (Å²) in [5.41, 5.74) is 6.73. The van der Waals surface area contributed by atoms with Crippen molar-refractivity contribution in [2.24, 2.45) is 0 Å². The number of hydrogen-bond donors (Lipinski definition) is 1. The molecule has 2 heteroatoms. The van der Waals surface area contributed by atoms with E-state index in [0.717, 1.165) is 13.1 Å². The van der Waals surface area contributed by atoms with Crippen LogP contribution in [-0.4, -0.2) is 4.57 Å². The van der Waals surface area contributed by atoms with Crippen LogP contribution in [0.2, 0.25) is 0 Å². The topological polar surface area (TPSA) is 17.0 Å². The van der Waals surface area contributed by atoms with Gasteiger partial charge in [-0.05, 0) is 43.5 Å². The number of nitrogens with one attached hydrogen (secondary N) is 1. The summed E-state index contributed by atoms with van der Waals surface area (Å²) in [6.07, 6.45) is 0. The molecule has 0 aliphatic rings. The maximum absolute atomic E-state index is 3.56. The number of aromatic nitrogens is 1. The summed E-state index contributed by atoms with van der Waals surface area (Å²) in [5.74, 6) is 0. The van der Waals surface area contributed by atoms with Crippen LogP contribution in [0.15, 0.2) is 66.7 Å². The SMILES string of the molecule is Cc1cc(CNCc2ccccc2)c(C)n1C(C)c1ccccc1. The van der Waals surface area contributed by atoms with E-state index in [9.17, 15) is 0 Å². The largest absolute Gasteiger partial charge is 0.342 e. The second-order valence-corrected chi connectivity index (χ2v) is 6.44. The molecule has 0 spiro atoms. The Morgan fingerprint density at radius 1 is 0.875 bits per heavy atom. The van der Waals surface area contributed by atoms with Gasteiger partial charge in [-0.15, -0.1) is 0 Å². The molecule has 0 aliphatic heterocycles. The van der Waals surface area contributed by atoms with Gasteiger partial charge in [-0.3, -0.25) is 0 Å². The van der Waals surface area contributed by atoms with Gasteiger partial charge in [0.25, 0.3) is 0 Å². The minimum Gasteiger partial charge on any atom is -0.342 e. The van der Waals surface area contributed by atoms with Gasteiger partial charge in [-0.1, -0.05) is 60.7 Å². The Morgan fingerprint density at radius 2 is 1.50 bits per heavy atom. The lowest BCUT2D eigenvalue weighted by molar-refractivity contribution is 0.604. The summed E-state index contributed by atoms with van der Waals surface area (Å²) in [7, 11) is 0. The van der Waals surface area contributed by atoms with Gasteiger partial charge in [0, 0.05) is 24.5 Å². The van der Waals surface area contributed by atoms with Gasteiger partial charge in [0.05, 0.1) is 6.04 Å². The second kappa shape index (κ2) is 7.50. The Morgan fingerprint density at radius 3 is 2.17 bits per heavy atom. The normalized spacial score (nSPS) is 12.3. The summed E-state index contributed by atoms with van der Waals surface area (Å²) >= 11 is 0. The van der Waals surface area contributed by atoms with Gasteiger partial charge < -0.3 is 9.88 Å². The zero-order chi connectivity index (χ0) is 16.9. The summed E-state index contributed by atoms with van der Waals surface area (Å²) in [5, 5.41) is 3.56. The molecule has 0 radical (unpaired) electrons. The van der Waals surface area contributed by atoms with Crippen molar-refractivity contribution in [1.82, 2.24) is 9.88 Å². The molecule has 1 atom stereocenters. The molecule has 1 aromatic heterocycles. The van der Waals surface area contributed by atoms with E-state index in [1.807, 2.05) is 0 Å². The van der Waals surface area contributed by atoms with E-state index in [-0.39, 0.29) is 0 Å². The van der Waals surface area contributed by atoms with Crippen molar-refractivity contribution in [2.75, 3.05) is 0 Å². The maximum Gasteiger partial charge on any atom is 0.0556 e. The maximum atomic E-state index is 3.56. The minimum absolute atomic E-state index is 0.356. The third kappa shape index (κ3) is 3.60. The first-order valence-corrected chi connectivity index (χ1v) is 8.63. The summed E-state index contributed by atoms with van der Waals surface area (Å²) < 4.78 is 2.44. The first kappa shape index (κ1) is 16.5. The Labute approximate surface area is 145 Å². The summed E-state index contributed by atoms with van der Waals surface area (Å²) in [6.45, 7) is 8.50. The Bertz CT molecular complexity index is 772. The molecule has 1 heterocycles. The van der Waals surface area contributed by atoms with Crippen LogP contribution < -0.4 is 5.32 Å². The third-order valence-corrected chi connectivity index (χ3v) is 4.75. The van der Waals surface area contributed by atoms with E-state index in [1.165, 1.54) is 28.1 Å². The molecule has 0 saturated carbocycles. The fourth-order valence-electron chi connectivity index (χ4n) is 3.44. The highest BCUT2D eigenvalue weighted by Gasteiger charge is 2.15. The van der Waals surface area contributed by atoms with Crippen molar-refractivity contribution in [3.05, 3.63) is 94.8 Å².